The maximum Gasteiger partial charge on any atom is 0.254 e. The predicted octanol–water partition coefficient (Wildman–Crippen LogP) is 3.09. The van der Waals surface area contributed by atoms with E-state index in [0.717, 1.165) is 25.7 Å². The second kappa shape index (κ2) is 6.52. The van der Waals surface area contributed by atoms with Crippen LogP contribution in [-0.2, 0) is 0 Å². The Morgan fingerprint density at radius 2 is 1.81 bits per heavy atom. The first-order valence-corrected chi connectivity index (χ1v) is 7.37. The minimum Gasteiger partial charge on any atom is -0.388 e. The van der Waals surface area contributed by atoms with Crippen molar-refractivity contribution in [1.82, 2.24) is 5.32 Å². The fraction of sp³-hybridized carbons (Fsp3) is 0.562. The van der Waals surface area contributed by atoms with Crippen LogP contribution < -0.4 is 5.32 Å². The van der Waals surface area contributed by atoms with Gasteiger partial charge < -0.3 is 10.4 Å². The molecule has 0 radical (unpaired) electrons. The second-order valence-corrected chi connectivity index (χ2v) is 5.90. The first-order valence-electron chi connectivity index (χ1n) is 7.37. The van der Waals surface area contributed by atoms with Gasteiger partial charge in [-0.3, -0.25) is 4.79 Å². The van der Waals surface area contributed by atoms with Crippen LogP contribution in [0.1, 0.15) is 54.4 Å². The molecule has 1 aromatic carbocycles. The van der Waals surface area contributed by atoms with Crippen molar-refractivity contribution >= 4 is 5.91 Å². The van der Waals surface area contributed by atoms with E-state index in [4.69, 9.17) is 0 Å². The van der Waals surface area contributed by atoms with Gasteiger partial charge in [-0.2, -0.15) is 0 Å². The monoisotopic (exact) mass is 297 g/mol. The zero-order valence-corrected chi connectivity index (χ0v) is 12.2. The van der Waals surface area contributed by atoms with Gasteiger partial charge >= 0.3 is 0 Å². The Balaban J connectivity index is 2.03. The molecule has 0 aliphatic heterocycles. The van der Waals surface area contributed by atoms with Gasteiger partial charge in [0.05, 0.1) is 11.2 Å². The maximum absolute atomic E-state index is 13.6. The largest absolute Gasteiger partial charge is 0.388 e. The summed E-state index contributed by atoms with van der Waals surface area (Å²) < 4.78 is 26.8. The molecule has 1 saturated carbocycles. The van der Waals surface area contributed by atoms with Crippen molar-refractivity contribution in [2.45, 2.75) is 51.0 Å². The Hall–Kier alpha value is -1.49. The summed E-state index contributed by atoms with van der Waals surface area (Å²) in [7, 11) is 0. The van der Waals surface area contributed by atoms with Crippen LogP contribution in [0.4, 0.5) is 8.78 Å². The highest BCUT2D eigenvalue weighted by atomic mass is 19.1. The van der Waals surface area contributed by atoms with Crippen molar-refractivity contribution in [1.29, 1.82) is 0 Å². The first-order chi connectivity index (χ1) is 9.91. The predicted molar refractivity (Wildman–Crippen MR) is 76.1 cm³/mol. The number of rotatable bonds is 3. The van der Waals surface area contributed by atoms with Crippen LogP contribution in [0.3, 0.4) is 0 Å². The van der Waals surface area contributed by atoms with E-state index in [1.54, 1.807) is 0 Å². The molecule has 1 fully saturated rings. The summed E-state index contributed by atoms with van der Waals surface area (Å²) in [6.45, 7) is 1.58. The van der Waals surface area contributed by atoms with Crippen LogP contribution in [0.25, 0.3) is 0 Å². The van der Waals surface area contributed by atoms with E-state index < -0.39 is 23.1 Å². The van der Waals surface area contributed by atoms with Gasteiger partial charge in [-0.15, -0.1) is 0 Å². The third-order valence-electron chi connectivity index (χ3n) is 4.11. The highest BCUT2D eigenvalue weighted by Gasteiger charge is 2.28. The SMILES string of the molecule is Cc1cc(C(=O)NCC2(O)CCCCCC2)c(F)cc1F. The lowest BCUT2D eigenvalue weighted by Crippen LogP contribution is -2.42. The van der Waals surface area contributed by atoms with Gasteiger partial charge in [0.15, 0.2) is 0 Å². The van der Waals surface area contributed by atoms with Crippen molar-refractivity contribution in [2.75, 3.05) is 6.54 Å². The number of aryl methyl sites for hydroxylation is 1. The molecule has 0 bridgehead atoms. The quantitative estimate of drug-likeness (QED) is 0.842. The topological polar surface area (TPSA) is 49.3 Å². The van der Waals surface area contributed by atoms with Crippen LogP contribution in [0.5, 0.6) is 0 Å². The van der Waals surface area contributed by atoms with Crippen molar-refractivity contribution in [3.63, 3.8) is 0 Å². The minimum atomic E-state index is -0.919. The zero-order chi connectivity index (χ0) is 15.5. The average Bonchev–Trinajstić information content (AvgIpc) is 2.66. The fourth-order valence-corrected chi connectivity index (χ4v) is 2.73. The molecule has 0 heterocycles. The Morgan fingerprint density at radius 3 is 2.43 bits per heavy atom. The van der Waals surface area contributed by atoms with Crippen molar-refractivity contribution in [3.8, 4) is 0 Å². The molecule has 5 heteroatoms. The molecule has 1 aromatic rings. The number of nitrogens with one attached hydrogen (secondary N) is 1. The number of amides is 1. The first kappa shape index (κ1) is 15.9. The van der Waals surface area contributed by atoms with E-state index in [9.17, 15) is 18.7 Å². The van der Waals surface area contributed by atoms with Gasteiger partial charge in [-0.1, -0.05) is 25.7 Å². The standard InChI is InChI=1S/C16H21F2NO2/c1-11-8-12(14(18)9-13(11)17)15(20)19-10-16(21)6-4-2-3-5-7-16/h8-9,21H,2-7,10H2,1H3,(H,19,20). The van der Waals surface area contributed by atoms with Gasteiger partial charge in [0.2, 0.25) is 0 Å². The van der Waals surface area contributed by atoms with Gasteiger partial charge in [0, 0.05) is 12.6 Å². The number of carbonyl (C=O) groups is 1. The van der Waals surface area contributed by atoms with Crippen LogP contribution in [0, 0.1) is 18.6 Å². The van der Waals surface area contributed by atoms with E-state index in [1.165, 1.54) is 13.0 Å². The molecule has 1 amide bonds. The third-order valence-corrected chi connectivity index (χ3v) is 4.11. The maximum atomic E-state index is 13.6. The van der Waals surface area contributed by atoms with Gasteiger partial charge in [-0.05, 0) is 31.4 Å². The molecule has 1 aliphatic rings. The highest BCUT2D eigenvalue weighted by Crippen LogP contribution is 2.26. The molecule has 3 nitrogen and oxygen atoms in total. The number of aliphatic hydroxyl groups is 1. The van der Waals surface area contributed by atoms with Gasteiger partial charge in [-0.25, -0.2) is 8.78 Å². The Bertz CT molecular complexity index is 523. The molecule has 21 heavy (non-hydrogen) atoms. The lowest BCUT2D eigenvalue weighted by molar-refractivity contribution is 0.0246. The summed E-state index contributed by atoms with van der Waals surface area (Å²) in [5, 5.41) is 13.0. The molecule has 0 unspecified atom stereocenters. The van der Waals surface area contributed by atoms with Crippen LogP contribution >= 0.6 is 0 Å². The lowest BCUT2D eigenvalue weighted by atomic mass is 9.94. The highest BCUT2D eigenvalue weighted by molar-refractivity contribution is 5.94. The summed E-state index contributed by atoms with van der Waals surface area (Å²) in [6.07, 6.45) is 5.30. The summed E-state index contributed by atoms with van der Waals surface area (Å²) in [5.41, 5.74) is -0.890. The van der Waals surface area contributed by atoms with Crippen LogP contribution in [-0.4, -0.2) is 23.2 Å². The normalized spacial score (nSPS) is 18.1. The molecular formula is C16H21F2NO2. The second-order valence-electron chi connectivity index (χ2n) is 5.90. The molecule has 2 rings (SSSR count). The van der Waals surface area contributed by atoms with E-state index in [1.807, 2.05) is 0 Å². The Kier molecular flexibility index (Phi) is 4.93. The molecule has 1 aliphatic carbocycles. The Morgan fingerprint density at radius 1 is 1.19 bits per heavy atom. The van der Waals surface area contributed by atoms with Gasteiger partial charge in [0.1, 0.15) is 11.6 Å². The van der Waals surface area contributed by atoms with Crippen LogP contribution in [0.2, 0.25) is 0 Å². The van der Waals surface area contributed by atoms with E-state index in [2.05, 4.69) is 5.32 Å². The van der Waals surface area contributed by atoms with Crippen molar-refractivity contribution in [3.05, 3.63) is 34.9 Å². The smallest absolute Gasteiger partial charge is 0.254 e. The number of halogens is 2. The fourth-order valence-electron chi connectivity index (χ4n) is 2.73. The molecule has 2 N–H and O–H groups in total. The molecule has 116 valence electrons. The Labute approximate surface area is 123 Å². The number of hydrogen-bond acceptors (Lipinski definition) is 2. The van der Waals surface area contributed by atoms with E-state index in [-0.39, 0.29) is 17.7 Å². The van der Waals surface area contributed by atoms with E-state index in [0.29, 0.717) is 18.9 Å². The summed E-state index contributed by atoms with van der Waals surface area (Å²) in [6, 6.07) is 1.90. The molecule has 0 atom stereocenters. The lowest BCUT2D eigenvalue weighted by Gasteiger charge is -2.26. The number of hydrogen-bond donors (Lipinski definition) is 2. The van der Waals surface area contributed by atoms with Gasteiger partial charge in [0.25, 0.3) is 5.91 Å². The minimum absolute atomic E-state index is 0.0989. The zero-order valence-electron chi connectivity index (χ0n) is 12.2. The molecular weight excluding hydrogens is 276 g/mol. The molecule has 0 aromatic heterocycles. The molecule has 0 saturated heterocycles. The van der Waals surface area contributed by atoms with E-state index >= 15 is 0 Å². The number of benzene rings is 1. The number of carbonyl (C=O) groups excluding carboxylic acids is 1. The summed E-state index contributed by atoms with van der Waals surface area (Å²) >= 11 is 0. The third kappa shape index (κ3) is 4.00. The average molecular weight is 297 g/mol. The van der Waals surface area contributed by atoms with Crippen molar-refractivity contribution < 1.29 is 18.7 Å². The summed E-state index contributed by atoms with van der Waals surface area (Å²) in [4.78, 5) is 12.0. The summed E-state index contributed by atoms with van der Waals surface area (Å²) in [5.74, 6) is -2.18. The van der Waals surface area contributed by atoms with Crippen LogP contribution in [0.15, 0.2) is 12.1 Å². The van der Waals surface area contributed by atoms with Crippen molar-refractivity contribution in [2.24, 2.45) is 0 Å². The molecule has 0 spiro atoms.